The summed E-state index contributed by atoms with van der Waals surface area (Å²) in [6.07, 6.45) is 6.65. The predicted octanol–water partition coefficient (Wildman–Crippen LogP) is 3.53. The van der Waals surface area contributed by atoms with Crippen LogP contribution in [-0.4, -0.2) is 28.0 Å². The van der Waals surface area contributed by atoms with Gasteiger partial charge in [-0.2, -0.15) is 0 Å². The number of carbonyl (C=O) groups excluding carboxylic acids is 1. The molecule has 2 aromatic rings. The predicted molar refractivity (Wildman–Crippen MR) is 83.9 cm³/mol. The topological polar surface area (TPSA) is 44.1 Å². The van der Waals surface area contributed by atoms with Crippen molar-refractivity contribution in [2.75, 3.05) is 7.11 Å². The molecule has 0 bridgehead atoms. The fourth-order valence-electron chi connectivity index (χ4n) is 1.80. The van der Waals surface area contributed by atoms with Crippen LogP contribution in [0.4, 0.5) is 0 Å². The summed E-state index contributed by atoms with van der Waals surface area (Å²) in [7, 11) is 1.51. The van der Waals surface area contributed by atoms with Crippen LogP contribution in [0.1, 0.15) is 19.4 Å². The summed E-state index contributed by atoms with van der Waals surface area (Å²) >= 11 is 6.17. The van der Waals surface area contributed by atoms with E-state index in [0.717, 1.165) is 5.56 Å². The molecule has 0 radical (unpaired) electrons. The second-order valence-corrected chi connectivity index (χ2v) is 5.47. The monoisotopic (exact) mass is 304 g/mol. The number of Topliss-reactive ketones (excluding diaryl/α,β-unsaturated/α-hetero) is 1. The van der Waals surface area contributed by atoms with Gasteiger partial charge in [-0.15, -0.1) is 0 Å². The normalized spacial score (nSPS) is 12.5. The molecule has 0 saturated heterocycles. The van der Waals surface area contributed by atoms with E-state index in [1.807, 2.05) is 18.2 Å². The zero-order valence-electron chi connectivity index (χ0n) is 12.2. The number of aromatic nitrogens is 2. The Morgan fingerprint density at radius 3 is 2.67 bits per heavy atom. The van der Waals surface area contributed by atoms with E-state index in [0.29, 0.717) is 10.7 Å². The summed E-state index contributed by atoms with van der Waals surface area (Å²) in [6, 6.07) is 7.35. The molecule has 2 rings (SSSR count). The smallest absolute Gasteiger partial charge is 0.210 e. The number of carbonyl (C=O) groups is 1. The molecule has 0 aliphatic rings. The number of halogens is 1. The molecule has 110 valence electrons. The molecule has 1 aromatic heterocycles. The molecular formula is C16H17ClN2O2. The van der Waals surface area contributed by atoms with Crippen molar-refractivity contribution in [1.29, 1.82) is 0 Å². The first-order valence-electron chi connectivity index (χ1n) is 6.50. The van der Waals surface area contributed by atoms with Gasteiger partial charge in [0.2, 0.25) is 5.78 Å². The summed E-state index contributed by atoms with van der Waals surface area (Å²) in [5.74, 6) is -0.150. The molecule has 0 spiro atoms. The SMILES string of the molecule is COC(C)(C)C(=O)C(=Cc1ccccc1Cl)n1ccnc1. The molecule has 1 aromatic carbocycles. The van der Waals surface area contributed by atoms with Gasteiger partial charge < -0.3 is 9.30 Å². The van der Waals surface area contributed by atoms with Gasteiger partial charge in [-0.3, -0.25) is 4.79 Å². The maximum absolute atomic E-state index is 12.7. The van der Waals surface area contributed by atoms with E-state index in [9.17, 15) is 4.79 Å². The van der Waals surface area contributed by atoms with Crippen molar-refractivity contribution in [3.05, 3.63) is 53.6 Å². The van der Waals surface area contributed by atoms with E-state index in [1.165, 1.54) is 7.11 Å². The molecule has 0 saturated carbocycles. The minimum absolute atomic E-state index is 0.150. The Balaban J connectivity index is 2.53. The molecule has 0 atom stereocenters. The number of ether oxygens (including phenoxy) is 1. The van der Waals surface area contributed by atoms with E-state index in [4.69, 9.17) is 16.3 Å². The van der Waals surface area contributed by atoms with Gasteiger partial charge in [-0.25, -0.2) is 4.98 Å². The number of hydrogen-bond donors (Lipinski definition) is 0. The maximum atomic E-state index is 12.7. The lowest BCUT2D eigenvalue weighted by Gasteiger charge is -2.23. The number of hydrogen-bond acceptors (Lipinski definition) is 3. The van der Waals surface area contributed by atoms with Crippen molar-refractivity contribution in [3.63, 3.8) is 0 Å². The van der Waals surface area contributed by atoms with Gasteiger partial charge in [0.15, 0.2) is 0 Å². The van der Waals surface area contributed by atoms with Crippen LogP contribution >= 0.6 is 11.6 Å². The third-order valence-corrected chi connectivity index (χ3v) is 3.61. The highest BCUT2D eigenvalue weighted by atomic mass is 35.5. The average Bonchev–Trinajstić information content (AvgIpc) is 2.99. The Morgan fingerprint density at radius 2 is 2.10 bits per heavy atom. The second-order valence-electron chi connectivity index (χ2n) is 5.06. The highest BCUT2D eigenvalue weighted by molar-refractivity contribution is 6.33. The molecular weight excluding hydrogens is 288 g/mol. The third-order valence-electron chi connectivity index (χ3n) is 3.27. The lowest BCUT2D eigenvalue weighted by atomic mass is 9.99. The number of imidazole rings is 1. The lowest BCUT2D eigenvalue weighted by molar-refractivity contribution is -0.131. The fourth-order valence-corrected chi connectivity index (χ4v) is 1.99. The molecule has 0 fully saturated rings. The standard InChI is InChI=1S/C16H17ClN2O2/c1-16(2,21-3)15(20)14(19-9-8-18-11-19)10-12-6-4-5-7-13(12)17/h4-11H,1-3H3. The summed E-state index contributed by atoms with van der Waals surface area (Å²) in [6.45, 7) is 3.46. The van der Waals surface area contributed by atoms with Gasteiger partial charge in [-0.05, 0) is 31.6 Å². The van der Waals surface area contributed by atoms with Gasteiger partial charge in [0, 0.05) is 24.5 Å². The number of nitrogens with zero attached hydrogens (tertiary/aromatic N) is 2. The van der Waals surface area contributed by atoms with Crippen molar-refractivity contribution in [2.45, 2.75) is 19.4 Å². The first kappa shape index (κ1) is 15.5. The molecule has 5 heteroatoms. The largest absolute Gasteiger partial charge is 0.371 e. The first-order valence-corrected chi connectivity index (χ1v) is 6.88. The van der Waals surface area contributed by atoms with E-state index in [-0.39, 0.29) is 5.78 Å². The van der Waals surface area contributed by atoms with E-state index in [1.54, 1.807) is 49.3 Å². The summed E-state index contributed by atoms with van der Waals surface area (Å²) in [5.41, 5.74) is 0.285. The fraction of sp³-hybridized carbons (Fsp3) is 0.250. The summed E-state index contributed by atoms with van der Waals surface area (Å²) < 4.78 is 6.95. The summed E-state index contributed by atoms with van der Waals surface area (Å²) in [5, 5.41) is 0.582. The molecule has 0 aliphatic heterocycles. The molecule has 0 unspecified atom stereocenters. The van der Waals surface area contributed by atoms with Gasteiger partial charge in [0.05, 0.1) is 12.0 Å². The Kier molecular flexibility index (Phi) is 4.60. The quantitative estimate of drug-likeness (QED) is 0.794. The van der Waals surface area contributed by atoms with Crippen LogP contribution in [0.5, 0.6) is 0 Å². The van der Waals surface area contributed by atoms with Crippen molar-refractivity contribution in [2.24, 2.45) is 0 Å². The highest BCUT2D eigenvalue weighted by Crippen LogP contribution is 2.24. The number of ketones is 1. The van der Waals surface area contributed by atoms with Gasteiger partial charge in [0.1, 0.15) is 5.60 Å². The third kappa shape index (κ3) is 3.40. The van der Waals surface area contributed by atoms with Crippen LogP contribution in [0.3, 0.4) is 0 Å². The molecule has 0 N–H and O–H groups in total. The zero-order valence-corrected chi connectivity index (χ0v) is 13.0. The Morgan fingerprint density at radius 1 is 1.38 bits per heavy atom. The van der Waals surface area contributed by atoms with Crippen LogP contribution in [0.25, 0.3) is 11.8 Å². The minimum Gasteiger partial charge on any atom is -0.371 e. The van der Waals surface area contributed by atoms with Gasteiger partial charge in [-0.1, -0.05) is 29.8 Å². The zero-order chi connectivity index (χ0) is 15.5. The van der Waals surface area contributed by atoms with Crippen LogP contribution < -0.4 is 0 Å². The van der Waals surface area contributed by atoms with E-state index >= 15 is 0 Å². The van der Waals surface area contributed by atoms with Crippen LogP contribution in [0, 0.1) is 0 Å². The van der Waals surface area contributed by atoms with Crippen molar-refractivity contribution < 1.29 is 9.53 Å². The number of rotatable bonds is 5. The Bertz CT molecular complexity index is 661. The molecule has 1 heterocycles. The molecule has 0 amide bonds. The van der Waals surface area contributed by atoms with Crippen LogP contribution in [0.15, 0.2) is 43.0 Å². The van der Waals surface area contributed by atoms with Crippen molar-refractivity contribution in [1.82, 2.24) is 9.55 Å². The number of methoxy groups -OCH3 is 1. The van der Waals surface area contributed by atoms with Crippen molar-refractivity contribution in [3.8, 4) is 0 Å². The number of benzene rings is 1. The highest BCUT2D eigenvalue weighted by Gasteiger charge is 2.30. The van der Waals surface area contributed by atoms with E-state index in [2.05, 4.69) is 4.98 Å². The maximum Gasteiger partial charge on any atom is 0.210 e. The second kappa shape index (κ2) is 6.24. The first-order chi connectivity index (χ1) is 9.95. The van der Waals surface area contributed by atoms with E-state index < -0.39 is 5.60 Å². The lowest BCUT2D eigenvalue weighted by Crippen LogP contribution is -2.35. The van der Waals surface area contributed by atoms with Crippen molar-refractivity contribution >= 4 is 29.2 Å². The minimum atomic E-state index is -0.933. The van der Waals surface area contributed by atoms with Crippen LogP contribution in [-0.2, 0) is 9.53 Å². The molecule has 0 aliphatic carbocycles. The summed E-state index contributed by atoms with van der Waals surface area (Å²) in [4.78, 5) is 16.7. The average molecular weight is 305 g/mol. The van der Waals surface area contributed by atoms with Crippen LogP contribution in [0.2, 0.25) is 5.02 Å². The Labute approximate surface area is 129 Å². The molecule has 4 nitrogen and oxygen atoms in total. The Hall–Kier alpha value is -1.91. The van der Waals surface area contributed by atoms with Gasteiger partial charge >= 0.3 is 0 Å². The molecule has 21 heavy (non-hydrogen) atoms. The van der Waals surface area contributed by atoms with Gasteiger partial charge in [0.25, 0.3) is 0 Å².